The van der Waals surface area contributed by atoms with Gasteiger partial charge in [0.25, 0.3) is 0 Å². The highest BCUT2D eigenvalue weighted by Crippen LogP contribution is 2.50. The maximum absolute atomic E-state index is 13.4. The topological polar surface area (TPSA) is 35.2 Å². The van der Waals surface area contributed by atoms with E-state index in [-0.39, 0.29) is 11.1 Å². The summed E-state index contributed by atoms with van der Waals surface area (Å²) in [4.78, 5) is 0. The Labute approximate surface area is 106 Å². The number of hydrogen-bond donors (Lipinski definition) is 1. The number of ether oxygens (including phenoxy) is 1. The van der Waals surface area contributed by atoms with E-state index >= 15 is 0 Å². The van der Waals surface area contributed by atoms with Crippen molar-refractivity contribution in [2.75, 3.05) is 6.54 Å². The second-order valence-electron chi connectivity index (χ2n) is 4.81. The first-order chi connectivity index (χ1) is 8.02. The van der Waals surface area contributed by atoms with E-state index in [2.05, 4.69) is 0 Å². The minimum absolute atomic E-state index is 0.0180. The summed E-state index contributed by atoms with van der Waals surface area (Å²) in [7, 11) is 0. The van der Waals surface area contributed by atoms with Crippen LogP contribution in [0.4, 0.5) is 4.39 Å². The molecule has 0 bridgehead atoms. The lowest BCUT2D eigenvalue weighted by Gasteiger charge is -2.15. The van der Waals surface area contributed by atoms with Crippen LogP contribution >= 0.6 is 11.6 Å². The Balaban J connectivity index is 2.31. The number of benzene rings is 1. The van der Waals surface area contributed by atoms with Crippen LogP contribution in [-0.2, 0) is 0 Å². The molecule has 0 aromatic heterocycles. The molecule has 0 amide bonds. The Kier molecular flexibility index (Phi) is 3.59. The van der Waals surface area contributed by atoms with Gasteiger partial charge in [-0.2, -0.15) is 0 Å². The molecule has 0 spiro atoms. The third-order valence-electron chi connectivity index (χ3n) is 3.04. The Bertz CT molecular complexity index is 422. The van der Waals surface area contributed by atoms with Gasteiger partial charge in [-0.05, 0) is 50.3 Å². The third kappa shape index (κ3) is 2.72. The quantitative estimate of drug-likeness (QED) is 0.898. The van der Waals surface area contributed by atoms with Crippen LogP contribution in [0.1, 0.15) is 31.7 Å². The first-order valence-electron chi connectivity index (χ1n) is 5.88. The highest BCUT2D eigenvalue weighted by Gasteiger charge is 2.39. The Morgan fingerprint density at radius 3 is 2.76 bits per heavy atom. The highest BCUT2D eigenvalue weighted by molar-refractivity contribution is 6.30. The van der Waals surface area contributed by atoms with Crippen LogP contribution in [0.3, 0.4) is 0 Å². The first kappa shape index (κ1) is 12.7. The second kappa shape index (κ2) is 4.83. The minimum Gasteiger partial charge on any atom is -0.491 e. The Hall–Kier alpha value is -0.800. The number of halogens is 2. The van der Waals surface area contributed by atoms with E-state index in [1.165, 1.54) is 6.07 Å². The van der Waals surface area contributed by atoms with Gasteiger partial charge in [-0.25, -0.2) is 4.39 Å². The van der Waals surface area contributed by atoms with Crippen molar-refractivity contribution in [3.63, 3.8) is 0 Å². The molecular weight excluding hydrogens is 241 g/mol. The molecule has 1 aliphatic rings. The molecule has 1 aliphatic carbocycles. The zero-order valence-electron chi connectivity index (χ0n) is 10.0. The fourth-order valence-electron chi connectivity index (χ4n) is 2.08. The van der Waals surface area contributed by atoms with Crippen molar-refractivity contribution in [1.82, 2.24) is 0 Å². The van der Waals surface area contributed by atoms with Crippen LogP contribution in [0.5, 0.6) is 5.75 Å². The molecule has 2 atom stereocenters. The van der Waals surface area contributed by atoms with Crippen molar-refractivity contribution in [1.29, 1.82) is 0 Å². The van der Waals surface area contributed by atoms with Gasteiger partial charge in [0.1, 0.15) is 11.6 Å². The summed E-state index contributed by atoms with van der Waals surface area (Å²) >= 11 is 5.82. The predicted octanol–water partition coefficient (Wildman–Crippen LogP) is 3.33. The molecule has 0 saturated heterocycles. The lowest BCUT2D eigenvalue weighted by molar-refractivity contribution is 0.238. The molecule has 4 heteroatoms. The zero-order valence-corrected chi connectivity index (χ0v) is 10.8. The van der Waals surface area contributed by atoms with Crippen molar-refractivity contribution in [3.8, 4) is 5.75 Å². The summed E-state index contributed by atoms with van der Waals surface area (Å²) in [6.45, 7) is 4.49. The molecule has 0 aliphatic heterocycles. The van der Waals surface area contributed by atoms with E-state index in [1.807, 2.05) is 13.8 Å². The van der Waals surface area contributed by atoms with E-state index in [4.69, 9.17) is 22.1 Å². The third-order valence-corrected chi connectivity index (χ3v) is 3.33. The molecule has 1 aromatic rings. The standard InChI is InChI=1S/C13H17ClFNO/c1-7(2)17-13-5-12(15)11(14)4-10(13)9-3-8(9)6-16/h4-5,7-9H,3,6,16H2,1-2H3. The van der Waals surface area contributed by atoms with Crippen LogP contribution in [0.2, 0.25) is 5.02 Å². The summed E-state index contributed by atoms with van der Waals surface area (Å²) in [5, 5.41) is 0.152. The van der Waals surface area contributed by atoms with Crippen molar-refractivity contribution in [2.45, 2.75) is 32.3 Å². The SMILES string of the molecule is CC(C)Oc1cc(F)c(Cl)cc1C1CC1CN. The molecule has 2 unspecified atom stereocenters. The van der Waals surface area contributed by atoms with Gasteiger partial charge in [0.05, 0.1) is 11.1 Å². The number of hydrogen-bond acceptors (Lipinski definition) is 2. The molecule has 2 N–H and O–H groups in total. The monoisotopic (exact) mass is 257 g/mol. The molecule has 2 rings (SSSR count). The summed E-state index contributed by atoms with van der Waals surface area (Å²) < 4.78 is 19.1. The number of rotatable bonds is 4. The Morgan fingerprint density at radius 1 is 1.53 bits per heavy atom. The molecule has 0 radical (unpaired) electrons. The second-order valence-corrected chi connectivity index (χ2v) is 5.22. The molecule has 1 saturated carbocycles. The van der Waals surface area contributed by atoms with Gasteiger partial charge in [0.2, 0.25) is 0 Å². The molecule has 94 valence electrons. The van der Waals surface area contributed by atoms with E-state index in [1.54, 1.807) is 6.07 Å². The average Bonchev–Trinajstić information content (AvgIpc) is 3.01. The lowest BCUT2D eigenvalue weighted by atomic mass is 10.1. The van der Waals surface area contributed by atoms with Gasteiger partial charge >= 0.3 is 0 Å². The molecule has 17 heavy (non-hydrogen) atoms. The maximum atomic E-state index is 13.4. The van der Waals surface area contributed by atoms with Crippen LogP contribution in [0, 0.1) is 11.7 Å². The van der Waals surface area contributed by atoms with E-state index < -0.39 is 5.82 Å². The predicted molar refractivity (Wildman–Crippen MR) is 67.1 cm³/mol. The molecule has 0 heterocycles. The fourth-order valence-corrected chi connectivity index (χ4v) is 2.25. The van der Waals surface area contributed by atoms with Crippen LogP contribution in [-0.4, -0.2) is 12.6 Å². The van der Waals surface area contributed by atoms with Gasteiger partial charge < -0.3 is 10.5 Å². The van der Waals surface area contributed by atoms with Crippen molar-refractivity contribution < 1.29 is 9.13 Å². The van der Waals surface area contributed by atoms with Crippen LogP contribution in [0.15, 0.2) is 12.1 Å². The fraction of sp³-hybridized carbons (Fsp3) is 0.538. The molecule has 1 aromatic carbocycles. The van der Waals surface area contributed by atoms with E-state index in [9.17, 15) is 4.39 Å². The molecule has 1 fully saturated rings. The van der Waals surface area contributed by atoms with Crippen molar-refractivity contribution in [2.24, 2.45) is 11.7 Å². The van der Waals surface area contributed by atoms with Gasteiger partial charge in [-0.3, -0.25) is 0 Å². The van der Waals surface area contributed by atoms with Gasteiger partial charge in [-0.15, -0.1) is 0 Å². The van der Waals surface area contributed by atoms with E-state index in [0.29, 0.717) is 24.1 Å². The maximum Gasteiger partial charge on any atom is 0.145 e. The summed E-state index contributed by atoms with van der Waals surface area (Å²) in [6.07, 6.45) is 1.05. The molecular formula is C13H17ClFNO. The van der Waals surface area contributed by atoms with Gasteiger partial charge in [0.15, 0.2) is 0 Å². The summed E-state index contributed by atoms with van der Waals surface area (Å²) in [6, 6.07) is 3.05. The minimum atomic E-state index is -0.434. The highest BCUT2D eigenvalue weighted by atomic mass is 35.5. The van der Waals surface area contributed by atoms with Crippen LogP contribution < -0.4 is 10.5 Å². The van der Waals surface area contributed by atoms with Crippen LogP contribution in [0.25, 0.3) is 0 Å². The van der Waals surface area contributed by atoms with Gasteiger partial charge in [0, 0.05) is 6.07 Å². The van der Waals surface area contributed by atoms with E-state index in [0.717, 1.165) is 12.0 Å². The lowest BCUT2D eigenvalue weighted by Crippen LogP contribution is -2.09. The Morgan fingerprint density at radius 2 is 2.24 bits per heavy atom. The largest absolute Gasteiger partial charge is 0.491 e. The summed E-state index contributed by atoms with van der Waals surface area (Å²) in [5.41, 5.74) is 6.62. The van der Waals surface area contributed by atoms with Crippen molar-refractivity contribution in [3.05, 3.63) is 28.5 Å². The zero-order chi connectivity index (χ0) is 12.6. The average molecular weight is 258 g/mol. The van der Waals surface area contributed by atoms with Gasteiger partial charge in [-0.1, -0.05) is 11.6 Å². The first-order valence-corrected chi connectivity index (χ1v) is 6.26. The molecule has 2 nitrogen and oxygen atoms in total. The number of nitrogens with two attached hydrogens (primary N) is 1. The smallest absolute Gasteiger partial charge is 0.145 e. The van der Waals surface area contributed by atoms with Crippen molar-refractivity contribution >= 4 is 11.6 Å². The normalized spacial score (nSPS) is 22.9. The summed E-state index contributed by atoms with van der Waals surface area (Å²) in [5.74, 6) is 1.01.